The number of benzene rings is 1. The molecule has 0 saturated carbocycles. The van der Waals surface area contributed by atoms with Gasteiger partial charge in [-0.15, -0.1) is 10.2 Å². The average Bonchev–Trinajstić information content (AvgIpc) is 3.20. The van der Waals surface area contributed by atoms with Crippen LogP contribution >= 0.6 is 11.3 Å². The number of aromatic nitrogens is 2. The molecule has 0 aliphatic carbocycles. The van der Waals surface area contributed by atoms with Crippen LogP contribution in [-0.4, -0.2) is 16.2 Å². The van der Waals surface area contributed by atoms with Crippen molar-refractivity contribution in [3.05, 3.63) is 58.6 Å². The maximum Gasteiger partial charge on any atom is 0.339 e. The molecule has 0 saturated heterocycles. The van der Waals surface area contributed by atoms with Gasteiger partial charge in [0, 0.05) is 10.9 Å². The largest absolute Gasteiger partial charge is 0.449 e. The molecule has 1 unspecified atom stereocenters. The van der Waals surface area contributed by atoms with E-state index in [4.69, 9.17) is 9.15 Å². The van der Waals surface area contributed by atoms with Crippen molar-refractivity contribution in [3.63, 3.8) is 0 Å². The molecule has 0 amide bonds. The van der Waals surface area contributed by atoms with Crippen LogP contribution < -0.4 is 0 Å². The van der Waals surface area contributed by atoms with Crippen molar-refractivity contribution in [1.82, 2.24) is 10.2 Å². The molecule has 0 N–H and O–H groups in total. The lowest BCUT2D eigenvalue weighted by Crippen LogP contribution is -2.08. The van der Waals surface area contributed by atoms with Gasteiger partial charge < -0.3 is 9.15 Å². The monoisotopic (exact) mass is 300 g/mol. The van der Waals surface area contributed by atoms with Gasteiger partial charge in [-0.2, -0.15) is 11.3 Å². The van der Waals surface area contributed by atoms with Gasteiger partial charge in [-0.05, 0) is 30.5 Å². The molecular weight excluding hydrogens is 288 g/mol. The molecule has 3 rings (SSSR count). The van der Waals surface area contributed by atoms with Crippen LogP contribution in [-0.2, 0) is 4.74 Å². The number of esters is 1. The topological polar surface area (TPSA) is 65.2 Å². The molecular formula is C15H12N2O3S. The lowest BCUT2D eigenvalue weighted by molar-refractivity contribution is 0.0280. The average molecular weight is 300 g/mol. The Kier molecular flexibility index (Phi) is 3.79. The van der Waals surface area contributed by atoms with Gasteiger partial charge in [0.2, 0.25) is 5.89 Å². The molecule has 1 atom stereocenters. The first kappa shape index (κ1) is 13.5. The lowest BCUT2D eigenvalue weighted by Gasteiger charge is -2.07. The summed E-state index contributed by atoms with van der Waals surface area (Å²) < 4.78 is 10.9. The van der Waals surface area contributed by atoms with Gasteiger partial charge in [0.15, 0.2) is 6.10 Å². The summed E-state index contributed by atoms with van der Waals surface area (Å²) in [4.78, 5) is 11.9. The van der Waals surface area contributed by atoms with Gasteiger partial charge >= 0.3 is 5.97 Å². The van der Waals surface area contributed by atoms with Crippen molar-refractivity contribution in [2.45, 2.75) is 13.0 Å². The Morgan fingerprint density at radius 3 is 2.76 bits per heavy atom. The second kappa shape index (κ2) is 5.88. The first-order valence-corrected chi connectivity index (χ1v) is 7.30. The Morgan fingerprint density at radius 1 is 1.24 bits per heavy atom. The number of nitrogens with zero attached hydrogens (tertiary/aromatic N) is 2. The Labute approximate surface area is 125 Å². The minimum absolute atomic E-state index is 0.275. The summed E-state index contributed by atoms with van der Waals surface area (Å²) in [5.41, 5.74) is 1.35. The summed E-state index contributed by atoms with van der Waals surface area (Å²) in [6.45, 7) is 1.70. The third-order valence-electron chi connectivity index (χ3n) is 2.85. The predicted octanol–water partition coefficient (Wildman–Crippen LogP) is 3.72. The van der Waals surface area contributed by atoms with Crippen molar-refractivity contribution in [2.75, 3.05) is 0 Å². The van der Waals surface area contributed by atoms with E-state index in [9.17, 15) is 4.79 Å². The van der Waals surface area contributed by atoms with E-state index in [1.165, 1.54) is 11.3 Å². The van der Waals surface area contributed by atoms with Crippen LogP contribution in [0.5, 0.6) is 0 Å². The Hall–Kier alpha value is -2.47. The second-order valence-corrected chi connectivity index (χ2v) is 5.15. The quantitative estimate of drug-likeness (QED) is 0.687. The Morgan fingerprint density at radius 2 is 2.05 bits per heavy atom. The first-order valence-electron chi connectivity index (χ1n) is 6.36. The number of ether oxygens (including phenoxy) is 1. The molecule has 106 valence electrons. The van der Waals surface area contributed by atoms with Crippen LogP contribution in [0.15, 0.2) is 51.6 Å². The molecule has 5 nitrogen and oxygen atoms in total. The summed E-state index contributed by atoms with van der Waals surface area (Å²) in [5, 5.41) is 11.5. The third-order valence-corrected chi connectivity index (χ3v) is 3.53. The highest BCUT2D eigenvalue weighted by Crippen LogP contribution is 2.23. The van der Waals surface area contributed by atoms with Crippen LogP contribution in [0.1, 0.15) is 29.3 Å². The molecule has 1 aromatic carbocycles. The van der Waals surface area contributed by atoms with Gasteiger partial charge in [-0.3, -0.25) is 0 Å². The van der Waals surface area contributed by atoms with Crippen molar-refractivity contribution in [3.8, 4) is 11.5 Å². The normalized spacial score (nSPS) is 12.0. The van der Waals surface area contributed by atoms with Gasteiger partial charge in [0.05, 0.1) is 5.56 Å². The zero-order valence-electron chi connectivity index (χ0n) is 11.2. The van der Waals surface area contributed by atoms with Crippen LogP contribution in [0.25, 0.3) is 11.5 Å². The third kappa shape index (κ3) is 3.00. The van der Waals surface area contributed by atoms with Gasteiger partial charge in [-0.1, -0.05) is 18.2 Å². The van der Waals surface area contributed by atoms with Gasteiger partial charge in [0.25, 0.3) is 5.89 Å². The fourth-order valence-electron chi connectivity index (χ4n) is 1.76. The minimum Gasteiger partial charge on any atom is -0.449 e. The highest BCUT2D eigenvalue weighted by Gasteiger charge is 2.20. The summed E-state index contributed by atoms with van der Waals surface area (Å²) in [5.74, 6) is 0.282. The van der Waals surface area contributed by atoms with E-state index in [1.807, 2.05) is 35.7 Å². The van der Waals surface area contributed by atoms with Gasteiger partial charge in [0.1, 0.15) is 0 Å². The first-order chi connectivity index (χ1) is 10.2. The highest BCUT2D eigenvalue weighted by atomic mass is 32.1. The molecule has 0 bridgehead atoms. The van der Waals surface area contributed by atoms with Crippen LogP contribution in [0.2, 0.25) is 0 Å². The van der Waals surface area contributed by atoms with Crippen LogP contribution in [0, 0.1) is 0 Å². The van der Waals surface area contributed by atoms with Crippen LogP contribution in [0.4, 0.5) is 0 Å². The van der Waals surface area contributed by atoms with E-state index in [-0.39, 0.29) is 5.89 Å². The number of rotatable bonds is 4. The Balaban J connectivity index is 1.73. The second-order valence-electron chi connectivity index (χ2n) is 4.37. The number of carbonyl (C=O) groups excluding carboxylic acids is 1. The predicted molar refractivity (Wildman–Crippen MR) is 77.9 cm³/mol. The molecule has 3 aromatic rings. The Bertz CT molecular complexity index is 722. The number of hydrogen-bond acceptors (Lipinski definition) is 6. The van der Waals surface area contributed by atoms with E-state index in [2.05, 4.69) is 10.2 Å². The maximum absolute atomic E-state index is 11.9. The summed E-state index contributed by atoms with van der Waals surface area (Å²) in [7, 11) is 0. The maximum atomic E-state index is 11.9. The molecule has 2 aromatic heterocycles. The SMILES string of the molecule is CC(OC(=O)c1ccsc1)c1nnc(-c2ccccc2)o1. The molecule has 6 heteroatoms. The fourth-order valence-corrected chi connectivity index (χ4v) is 2.38. The van der Waals surface area contributed by atoms with E-state index in [1.54, 1.807) is 18.4 Å². The number of thiophene rings is 1. The molecule has 0 aliphatic heterocycles. The van der Waals surface area contributed by atoms with Crippen LogP contribution in [0.3, 0.4) is 0 Å². The smallest absolute Gasteiger partial charge is 0.339 e. The highest BCUT2D eigenvalue weighted by molar-refractivity contribution is 7.08. The van der Waals surface area contributed by atoms with Gasteiger partial charge in [-0.25, -0.2) is 4.79 Å². The molecule has 0 radical (unpaired) electrons. The van der Waals surface area contributed by atoms with Crippen molar-refractivity contribution >= 4 is 17.3 Å². The van der Waals surface area contributed by atoms with Crippen molar-refractivity contribution in [1.29, 1.82) is 0 Å². The van der Waals surface area contributed by atoms with E-state index >= 15 is 0 Å². The molecule has 0 fully saturated rings. The summed E-state index contributed by atoms with van der Waals surface area (Å²) in [6.07, 6.45) is -0.595. The van der Waals surface area contributed by atoms with E-state index in [0.29, 0.717) is 11.5 Å². The zero-order valence-corrected chi connectivity index (χ0v) is 12.0. The van der Waals surface area contributed by atoms with Crippen molar-refractivity contribution in [2.24, 2.45) is 0 Å². The van der Waals surface area contributed by atoms with E-state index in [0.717, 1.165) is 5.56 Å². The number of hydrogen-bond donors (Lipinski definition) is 0. The van der Waals surface area contributed by atoms with Crippen molar-refractivity contribution < 1.29 is 13.9 Å². The number of carbonyl (C=O) groups is 1. The fraction of sp³-hybridized carbons (Fsp3) is 0.133. The summed E-state index contributed by atoms with van der Waals surface area (Å²) >= 11 is 1.44. The zero-order chi connectivity index (χ0) is 14.7. The lowest BCUT2D eigenvalue weighted by atomic mass is 10.2. The van der Waals surface area contributed by atoms with E-state index < -0.39 is 12.1 Å². The standard InChI is InChI=1S/C15H12N2O3S/c1-10(19-15(18)12-7-8-21-9-12)13-16-17-14(20-13)11-5-3-2-4-6-11/h2-10H,1H3. The molecule has 0 spiro atoms. The molecule has 0 aliphatic rings. The minimum atomic E-state index is -0.595. The molecule has 2 heterocycles. The summed E-state index contributed by atoms with van der Waals surface area (Å²) in [6, 6.07) is 11.1. The molecule has 21 heavy (non-hydrogen) atoms.